The lowest BCUT2D eigenvalue weighted by Crippen LogP contribution is -2.46. The van der Waals surface area contributed by atoms with Gasteiger partial charge in [-0.15, -0.1) is 0 Å². The molecule has 0 radical (unpaired) electrons. The Hall–Kier alpha value is -1.74. The molecule has 0 heterocycles. The SMILES string of the molecule is CSCC[C@H](NC(N)=O)C(=O)O[C@H](C)C(=O)Nc1cccc(Br)c1. The predicted molar refractivity (Wildman–Crippen MR) is 97.8 cm³/mol. The summed E-state index contributed by atoms with van der Waals surface area (Å²) in [5.74, 6) is -0.526. The molecule has 1 aromatic rings. The number of thioether (sulfide) groups is 1. The van der Waals surface area contributed by atoms with Crippen molar-refractivity contribution in [1.82, 2.24) is 5.32 Å². The highest BCUT2D eigenvalue weighted by Gasteiger charge is 2.25. The van der Waals surface area contributed by atoms with Crippen LogP contribution in [0.4, 0.5) is 10.5 Å². The second kappa shape index (κ2) is 10.2. The molecule has 132 valence electrons. The summed E-state index contributed by atoms with van der Waals surface area (Å²) in [6.07, 6.45) is 1.23. The van der Waals surface area contributed by atoms with Gasteiger partial charge < -0.3 is 21.1 Å². The van der Waals surface area contributed by atoms with E-state index >= 15 is 0 Å². The molecule has 2 atom stereocenters. The highest BCUT2D eigenvalue weighted by Crippen LogP contribution is 2.16. The number of primary amides is 1. The first-order valence-electron chi connectivity index (χ1n) is 7.15. The monoisotopic (exact) mass is 417 g/mol. The van der Waals surface area contributed by atoms with Crippen molar-refractivity contribution in [3.63, 3.8) is 0 Å². The number of urea groups is 1. The van der Waals surface area contributed by atoms with Gasteiger partial charge in [-0.3, -0.25) is 4.79 Å². The molecule has 0 aromatic heterocycles. The zero-order valence-corrected chi connectivity index (χ0v) is 15.8. The fourth-order valence-corrected chi connectivity index (χ4v) is 2.65. The molecule has 0 aliphatic carbocycles. The van der Waals surface area contributed by atoms with E-state index in [1.165, 1.54) is 18.7 Å². The third-order valence-electron chi connectivity index (χ3n) is 2.97. The third kappa shape index (κ3) is 7.22. The van der Waals surface area contributed by atoms with E-state index < -0.39 is 30.1 Å². The highest BCUT2D eigenvalue weighted by molar-refractivity contribution is 9.10. The number of esters is 1. The van der Waals surface area contributed by atoms with Crippen molar-refractivity contribution in [2.45, 2.75) is 25.5 Å². The van der Waals surface area contributed by atoms with Crippen LogP contribution in [0.5, 0.6) is 0 Å². The molecule has 4 N–H and O–H groups in total. The normalized spacial score (nSPS) is 12.8. The number of halogens is 1. The highest BCUT2D eigenvalue weighted by atomic mass is 79.9. The maximum atomic E-state index is 12.1. The molecule has 1 rings (SSSR count). The quantitative estimate of drug-likeness (QED) is 0.560. The molecular weight excluding hydrogens is 398 g/mol. The van der Waals surface area contributed by atoms with Crippen LogP contribution in [0.1, 0.15) is 13.3 Å². The van der Waals surface area contributed by atoms with Crippen LogP contribution in [-0.4, -0.2) is 42.1 Å². The van der Waals surface area contributed by atoms with Crippen molar-refractivity contribution >= 4 is 51.3 Å². The summed E-state index contributed by atoms with van der Waals surface area (Å²) in [7, 11) is 0. The average Bonchev–Trinajstić information content (AvgIpc) is 2.50. The number of nitrogens with two attached hydrogens (primary N) is 1. The number of hydrogen-bond donors (Lipinski definition) is 3. The molecule has 0 saturated carbocycles. The fraction of sp³-hybridized carbons (Fsp3) is 0.400. The van der Waals surface area contributed by atoms with Gasteiger partial charge >= 0.3 is 12.0 Å². The summed E-state index contributed by atoms with van der Waals surface area (Å²) < 4.78 is 5.95. The second-order valence-corrected chi connectivity index (χ2v) is 6.82. The topological polar surface area (TPSA) is 111 Å². The van der Waals surface area contributed by atoms with Gasteiger partial charge in [0.15, 0.2) is 6.10 Å². The van der Waals surface area contributed by atoms with Crippen molar-refractivity contribution in [1.29, 1.82) is 0 Å². The Bertz CT molecular complexity index is 600. The predicted octanol–water partition coefficient (Wildman–Crippen LogP) is 2.11. The number of hydrogen-bond acceptors (Lipinski definition) is 5. The molecule has 24 heavy (non-hydrogen) atoms. The maximum absolute atomic E-state index is 12.1. The van der Waals surface area contributed by atoms with Crippen molar-refractivity contribution in [3.05, 3.63) is 28.7 Å². The first-order valence-corrected chi connectivity index (χ1v) is 9.34. The minimum absolute atomic E-state index is 0.364. The van der Waals surface area contributed by atoms with Crippen LogP contribution in [0.15, 0.2) is 28.7 Å². The Kier molecular flexibility index (Phi) is 8.62. The van der Waals surface area contributed by atoms with Gasteiger partial charge in [-0.05, 0) is 43.6 Å². The molecule has 0 bridgehead atoms. The Balaban J connectivity index is 2.62. The minimum Gasteiger partial charge on any atom is -0.451 e. The molecular formula is C15H20BrN3O4S. The van der Waals surface area contributed by atoms with Crippen molar-refractivity contribution in [3.8, 4) is 0 Å². The molecule has 0 spiro atoms. The van der Waals surface area contributed by atoms with Gasteiger partial charge in [-0.25, -0.2) is 9.59 Å². The van der Waals surface area contributed by atoms with Gasteiger partial charge in [-0.1, -0.05) is 22.0 Å². The van der Waals surface area contributed by atoms with Gasteiger partial charge in [0.1, 0.15) is 6.04 Å². The molecule has 0 unspecified atom stereocenters. The van der Waals surface area contributed by atoms with Crippen LogP contribution in [0.3, 0.4) is 0 Å². The first kappa shape index (κ1) is 20.3. The number of carbonyl (C=O) groups excluding carboxylic acids is 3. The Labute approximate surface area is 153 Å². The number of amides is 3. The van der Waals surface area contributed by atoms with E-state index in [-0.39, 0.29) is 0 Å². The summed E-state index contributed by atoms with van der Waals surface area (Å²) in [5.41, 5.74) is 5.64. The van der Waals surface area contributed by atoms with E-state index in [1.807, 2.05) is 12.3 Å². The summed E-state index contributed by atoms with van der Waals surface area (Å²) in [6, 6.07) is 5.34. The van der Waals surface area contributed by atoms with Crippen LogP contribution in [0, 0.1) is 0 Å². The molecule has 0 aliphatic rings. The van der Waals surface area contributed by atoms with E-state index in [9.17, 15) is 14.4 Å². The molecule has 9 heteroatoms. The second-order valence-electron chi connectivity index (χ2n) is 4.92. The largest absolute Gasteiger partial charge is 0.451 e. The standard InChI is InChI=1S/C15H20BrN3O4S/c1-9(13(20)18-11-5-3-4-10(16)8-11)23-14(21)12(6-7-24-2)19-15(17)22/h3-5,8-9,12H,6-7H2,1-2H3,(H,18,20)(H3,17,19,22)/t9-,12+/m1/s1. The van der Waals surface area contributed by atoms with Gasteiger partial charge in [-0.2, -0.15) is 11.8 Å². The minimum atomic E-state index is -1.01. The molecule has 0 fully saturated rings. The van der Waals surface area contributed by atoms with Gasteiger partial charge in [0.25, 0.3) is 5.91 Å². The van der Waals surface area contributed by atoms with Crippen LogP contribution >= 0.6 is 27.7 Å². The van der Waals surface area contributed by atoms with Crippen molar-refractivity contribution in [2.24, 2.45) is 5.73 Å². The maximum Gasteiger partial charge on any atom is 0.329 e. The van der Waals surface area contributed by atoms with Crippen LogP contribution in [0.25, 0.3) is 0 Å². The third-order valence-corrected chi connectivity index (χ3v) is 4.10. The summed E-state index contributed by atoms with van der Waals surface area (Å²) >= 11 is 4.82. The zero-order valence-electron chi connectivity index (χ0n) is 13.4. The zero-order chi connectivity index (χ0) is 18.1. The molecule has 0 saturated heterocycles. The first-order chi connectivity index (χ1) is 11.3. The molecule has 3 amide bonds. The van der Waals surface area contributed by atoms with E-state index in [4.69, 9.17) is 10.5 Å². The summed E-state index contributed by atoms with van der Waals surface area (Å²) in [4.78, 5) is 35.2. The number of rotatable bonds is 8. The van der Waals surface area contributed by atoms with Crippen molar-refractivity contribution < 1.29 is 19.1 Å². The summed E-state index contributed by atoms with van der Waals surface area (Å²) in [6.45, 7) is 1.46. The number of carbonyl (C=O) groups is 3. The lowest BCUT2D eigenvalue weighted by molar-refractivity contribution is -0.155. The van der Waals surface area contributed by atoms with Crippen LogP contribution < -0.4 is 16.4 Å². The van der Waals surface area contributed by atoms with Crippen molar-refractivity contribution in [2.75, 3.05) is 17.3 Å². The molecule has 0 aliphatic heterocycles. The smallest absolute Gasteiger partial charge is 0.329 e. The number of benzene rings is 1. The summed E-state index contributed by atoms with van der Waals surface area (Å²) in [5, 5.41) is 4.98. The van der Waals surface area contributed by atoms with Crippen LogP contribution in [-0.2, 0) is 14.3 Å². The Morgan fingerprint density at radius 3 is 2.67 bits per heavy atom. The number of anilines is 1. The van der Waals surface area contributed by atoms with Gasteiger partial charge in [0, 0.05) is 10.2 Å². The fourth-order valence-electron chi connectivity index (χ4n) is 1.78. The van der Waals surface area contributed by atoms with E-state index in [1.54, 1.807) is 18.2 Å². The Morgan fingerprint density at radius 1 is 1.38 bits per heavy atom. The van der Waals surface area contributed by atoms with E-state index in [0.717, 1.165) is 4.47 Å². The number of nitrogens with one attached hydrogen (secondary N) is 2. The van der Waals surface area contributed by atoms with Gasteiger partial charge in [0.2, 0.25) is 0 Å². The van der Waals surface area contributed by atoms with Crippen LogP contribution in [0.2, 0.25) is 0 Å². The van der Waals surface area contributed by atoms with Gasteiger partial charge in [0.05, 0.1) is 0 Å². The lowest BCUT2D eigenvalue weighted by atomic mass is 10.2. The Morgan fingerprint density at radius 2 is 2.08 bits per heavy atom. The van der Waals surface area contributed by atoms with E-state index in [0.29, 0.717) is 17.9 Å². The molecule has 1 aromatic carbocycles. The van der Waals surface area contributed by atoms with E-state index in [2.05, 4.69) is 26.6 Å². The lowest BCUT2D eigenvalue weighted by Gasteiger charge is -2.19. The average molecular weight is 418 g/mol. The molecule has 7 nitrogen and oxygen atoms in total. The number of ether oxygens (including phenoxy) is 1.